The van der Waals surface area contributed by atoms with Crippen LogP contribution in [0.15, 0.2) is 5.10 Å². The predicted molar refractivity (Wildman–Crippen MR) is 61.6 cm³/mol. The van der Waals surface area contributed by atoms with Gasteiger partial charge in [-0.05, 0) is 20.1 Å². The van der Waals surface area contributed by atoms with Gasteiger partial charge in [0.1, 0.15) is 5.25 Å². The summed E-state index contributed by atoms with van der Waals surface area (Å²) >= 11 is 2.99. The molecule has 6 heteroatoms. The summed E-state index contributed by atoms with van der Waals surface area (Å²) in [6, 6.07) is 0.0231. The number of nitrogens with zero attached hydrogens (tertiary/aromatic N) is 1. The van der Waals surface area contributed by atoms with Crippen LogP contribution in [0, 0.1) is 0 Å². The Kier molecular flexibility index (Phi) is 4.60. The van der Waals surface area contributed by atoms with E-state index in [9.17, 15) is 4.79 Å². The van der Waals surface area contributed by atoms with Crippen LogP contribution in [-0.2, 0) is 9.53 Å². The SMILES string of the molecule is CCOC(=O)C1SC(SC)=NNC1C. The fourth-order valence-electron chi connectivity index (χ4n) is 1.03. The molecule has 0 amide bonds. The molecule has 4 nitrogen and oxygen atoms in total. The Bertz CT molecular complexity index is 245. The Morgan fingerprint density at radius 2 is 2.50 bits per heavy atom. The van der Waals surface area contributed by atoms with Gasteiger partial charge in [-0.15, -0.1) is 11.8 Å². The fourth-order valence-corrected chi connectivity index (χ4v) is 2.62. The average molecular weight is 234 g/mol. The highest BCUT2D eigenvalue weighted by molar-refractivity contribution is 8.39. The molecule has 0 aromatic heterocycles. The molecule has 1 N–H and O–H groups in total. The maximum atomic E-state index is 11.5. The van der Waals surface area contributed by atoms with E-state index in [1.807, 2.05) is 20.1 Å². The van der Waals surface area contributed by atoms with Crippen molar-refractivity contribution in [3.8, 4) is 0 Å². The number of rotatable bonds is 2. The summed E-state index contributed by atoms with van der Waals surface area (Å²) in [5, 5.41) is 3.92. The first-order valence-electron chi connectivity index (χ1n) is 4.39. The van der Waals surface area contributed by atoms with Gasteiger partial charge in [-0.2, -0.15) is 5.10 Å². The smallest absolute Gasteiger partial charge is 0.321 e. The van der Waals surface area contributed by atoms with Crippen molar-refractivity contribution >= 4 is 33.9 Å². The molecule has 0 bridgehead atoms. The predicted octanol–water partition coefficient (Wildman–Crippen LogP) is 1.28. The molecule has 0 aliphatic carbocycles. The topological polar surface area (TPSA) is 50.7 Å². The zero-order valence-electron chi connectivity index (χ0n) is 8.44. The molecule has 1 aliphatic heterocycles. The Balaban J connectivity index is 2.60. The van der Waals surface area contributed by atoms with Crippen LogP contribution < -0.4 is 5.43 Å². The molecule has 1 rings (SSSR count). The first-order valence-corrected chi connectivity index (χ1v) is 6.50. The Morgan fingerprint density at radius 1 is 1.79 bits per heavy atom. The molecule has 0 saturated heterocycles. The van der Waals surface area contributed by atoms with Crippen molar-refractivity contribution in [1.29, 1.82) is 0 Å². The van der Waals surface area contributed by atoms with Crippen molar-refractivity contribution in [3.05, 3.63) is 0 Å². The molecule has 14 heavy (non-hydrogen) atoms. The van der Waals surface area contributed by atoms with Gasteiger partial charge < -0.3 is 10.2 Å². The third kappa shape index (κ3) is 2.81. The molecule has 1 aliphatic rings. The van der Waals surface area contributed by atoms with Crippen molar-refractivity contribution in [2.45, 2.75) is 25.1 Å². The first-order chi connectivity index (χ1) is 6.69. The van der Waals surface area contributed by atoms with Crippen LogP contribution in [-0.4, -0.2) is 34.5 Å². The van der Waals surface area contributed by atoms with Crippen molar-refractivity contribution in [2.24, 2.45) is 5.10 Å². The number of hydrazone groups is 1. The van der Waals surface area contributed by atoms with E-state index in [-0.39, 0.29) is 17.3 Å². The van der Waals surface area contributed by atoms with Crippen LogP contribution in [0.4, 0.5) is 0 Å². The molecule has 2 unspecified atom stereocenters. The van der Waals surface area contributed by atoms with E-state index in [4.69, 9.17) is 4.74 Å². The second-order valence-corrected chi connectivity index (χ2v) is 4.97. The van der Waals surface area contributed by atoms with Crippen molar-refractivity contribution < 1.29 is 9.53 Å². The standard InChI is InChI=1S/C8H14N2O2S2/c1-4-12-7(11)6-5(2)9-10-8(13-3)14-6/h5-6,9H,4H2,1-3H3. The van der Waals surface area contributed by atoms with Crippen molar-refractivity contribution in [1.82, 2.24) is 5.43 Å². The Morgan fingerprint density at radius 3 is 3.07 bits per heavy atom. The van der Waals surface area contributed by atoms with E-state index in [2.05, 4.69) is 10.5 Å². The number of carbonyl (C=O) groups is 1. The first kappa shape index (κ1) is 11.7. The molecular weight excluding hydrogens is 220 g/mol. The molecule has 0 spiro atoms. The number of thioether (sulfide) groups is 2. The van der Waals surface area contributed by atoms with E-state index in [0.29, 0.717) is 6.61 Å². The van der Waals surface area contributed by atoms with Crippen LogP contribution in [0.2, 0.25) is 0 Å². The molecule has 0 aromatic carbocycles. The molecule has 0 saturated carbocycles. The summed E-state index contributed by atoms with van der Waals surface area (Å²) in [7, 11) is 0. The van der Waals surface area contributed by atoms with Gasteiger partial charge in [-0.25, -0.2) is 0 Å². The molecule has 0 radical (unpaired) electrons. The molecular formula is C8H14N2O2S2. The maximum absolute atomic E-state index is 11.5. The van der Waals surface area contributed by atoms with Gasteiger partial charge in [0.15, 0.2) is 4.38 Å². The highest BCUT2D eigenvalue weighted by Gasteiger charge is 2.31. The minimum Gasteiger partial charge on any atom is -0.465 e. The van der Waals surface area contributed by atoms with E-state index in [1.165, 1.54) is 23.5 Å². The minimum absolute atomic E-state index is 0.0231. The van der Waals surface area contributed by atoms with Gasteiger partial charge in [0, 0.05) is 0 Å². The lowest BCUT2D eigenvalue weighted by Crippen LogP contribution is -2.42. The zero-order chi connectivity index (χ0) is 10.6. The summed E-state index contributed by atoms with van der Waals surface area (Å²) in [4.78, 5) is 11.5. The number of esters is 1. The van der Waals surface area contributed by atoms with E-state index < -0.39 is 0 Å². The largest absolute Gasteiger partial charge is 0.465 e. The van der Waals surface area contributed by atoms with Crippen molar-refractivity contribution in [2.75, 3.05) is 12.9 Å². The van der Waals surface area contributed by atoms with E-state index in [1.54, 1.807) is 0 Å². The molecule has 0 fully saturated rings. The summed E-state index contributed by atoms with van der Waals surface area (Å²) in [5.41, 5.74) is 2.92. The summed E-state index contributed by atoms with van der Waals surface area (Å²) < 4.78 is 5.86. The maximum Gasteiger partial charge on any atom is 0.321 e. The number of carbonyl (C=O) groups excluding carboxylic acids is 1. The lowest BCUT2D eigenvalue weighted by Gasteiger charge is -2.25. The third-order valence-corrected chi connectivity index (χ3v) is 4.11. The Labute approximate surface area is 92.2 Å². The van der Waals surface area contributed by atoms with Gasteiger partial charge in [-0.3, -0.25) is 4.79 Å². The number of nitrogens with one attached hydrogen (secondary N) is 1. The van der Waals surface area contributed by atoms with E-state index >= 15 is 0 Å². The minimum atomic E-state index is -0.185. The number of hydrogen-bond donors (Lipinski definition) is 1. The summed E-state index contributed by atoms with van der Waals surface area (Å²) in [6.45, 7) is 4.16. The van der Waals surface area contributed by atoms with Crippen molar-refractivity contribution in [3.63, 3.8) is 0 Å². The van der Waals surface area contributed by atoms with Crippen LogP contribution >= 0.6 is 23.5 Å². The van der Waals surface area contributed by atoms with Gasteiger partial charge in [0.05, 0.1) is 12.6 Å². The second-order valence-electron chi connectivity index (χ2n) is 2.79. The monoisotopic (exact) mass is 234 g/mol. The van der Waals surface area contributed by atoms with Crippen LogP contribution in [0.5, 0.6) is 0 Å². The molecule has 80 valence electrons. The van der Waals surface area contributed by atoms with E-state index in [0.717, 1.165) is 4.38 Å². The average Bonchev–Trinajstić information content (AvgIpc) is 2.19. The second kappa shape index (κ2) is 5.50. The van der Waals surface area contributed by atoms with Gasteiger partial charge in [0.2, 0.25) is 0 Å². The van der Waals surface area contributed by atoms with Gasteiger partial charge in [0.25, 0.3) is 0 Å². The zero-order valence-corrected chi connectivity index (χ0v) is 10.1. The molecule has 1 heterocycles. The third-order valence-electron chi connectivity index (χ3n) is 1.73. The number of ether oxygens (including phenoxy) is 1. The quantitative estimate of drug-likeness (QED) is 0.729. The molecule has 0 aromatic rings. The van der Waals surface area contributed by atoms with Crippen LogP contribution in [0.25, 0.3) is 0 Å². The highest BCUT2D eigenvalue weighted by Crippen LogP contribution is 2.26. The summed E-state index contributed by atoms with van der Waals surface area (Å²) in [6.07, 6.45) is 1.94. The van der Waals surface area contributed by atoms with Gasteiger partial charge >= 0.3 is 5.97 Å². The fraction of sp³-hybridized carbons (Fsp3) is 0.750. The lowest BCUT2D eigenvalue weighted by molar-refractivity contribution is -0.142. The van der Waals surface area contributed by atoms with Crippen LogP contribution in [0.3, 0.4) is 0 Å². The highest BCUT2D eigenvalue weighted by atomic mass is 32.2. The lowest BCUT2D eigenvalue weighted by atomic mass is 10.2. The normalized spacial score (nSPS) is 26.4. The number of hydrogen-bond acceptors (Lipinski definition) is 6. The van der Waals surface area contributed by atoms with Crippen LogP contribution in [0.1, 0.15) is 13.8 Å². The van der Waals surface area contributed by atoms with Gasteiger partial charge in [-0.1, -0.05) is 11.8 Å². The molecule has 2 atom stereocenters. The summed E-state index contributed by atoms with van der Waals surface area (Å²) in [5.74, 6) is -0.168. The Hall–Kier alpha value is -0.360.